The van der Waals surface area contributed by atoms with Gasteiger partial charge in [0, 0.05) is 66.7 Å². The van der Waals surface area contributed by atoms with E-state index in [0.717, 1.165) is 54.4 Å². The minimum Gasteiger partial charge on any atom is -0.308 e. The Bertz CT molecular complexity index is 2280. The van der Waals surface area contributed by atoms with Crippen LogP contribution in [0.1, 0.15) is 107 Å². The summed E-state index contributed by atoms with van der Waals surface area (Å²) in [5.41, 5.74) is 9.14. The predicted octanol–water partition coefficient (Wildman–Crippen LogP) is 9.77. The van der Waals surface area contributed by atoms with Gasteiger partial charge in [-0.1, -0.05) is 70.2 Å². The number of nitrogens with zero attached hydrogens (tertiary/aromatic N) is 6. The molecule has 4 aliphatic carbocycles. The molecule has 8 nitrogen and oxygen atoms in total. The first-order chi connectivity index (χ1) is 29.8. The third kappa shape index (κ3) is 5.21. The van der Waals surface area contributed by atoms with Crippen molar-refractivity contribution in [1.82, 2.24) is 19.1 Å². The van der Waals surface area contributed by atoms with Crippen LogP contribution in [-0.2, 0) is 33.3 Å². The fourth-order valence-corrected chi connectivity index (χ4v) is 10.3. The van der Waals surface area contributed by atoms with E-state index < -0.39 is 6.04 Å². The van der Waals surface area contributed by atoms with Gasteiger partial charge in [0.05, 0.1) is 18.0 Å². The van der Waals surface area contributed by atoms with Crippen LogP contribution in [-0.4, -0.2) is 36.7 Å². The van der Waals surface area contributed by atoms with E-state index in [1.807, 2.05) is 32.9 Å². The van der Waals surface area contributed by atoms with Crippen molar-refractivity contribution in [3.63, 3.8) is 0 Å². The van der Waals surface area contributed by atoms with Crippen molar-refractivity contribution in [3.05, 3.63) is 129 Å². The topological polar surface area (TPSA) is 78.5 Å². The first kappa shape index (κ1) is 29.5. The third-order valence-electron chi connectivity index (χ3n) is 13.0. The fourth-order valence-electron chi connectivity index (χ4n) is 10.3. The van der Waals surface area contributed by atoms with Gasteiger partial charge in [0.2, 0.25) is 11.5 Å². The van der Waals surface area contributed by atoms with Gasteiger partial charge in [-0.05, 0) is 88.5 Å². The van der Waals surface area contributed by atoms with E-state index in [4.69, 9.17) is 38.0 Å². The van der Waals surface area contributed by atoms with Crippen molar-refractivity contribution in [2.45, 2.75) is 104 Å². The van der Waals surface area contributed by atoms with Gasteiger partial charge in [0.1, 0.15) is 11.6 Å². The summed E-state index contributed by atoms with van der Waals surface area (Å²) in [7, 11) is 0. The molecule has 8 rings (SSSR count). The number of ketones is 2. The van der Waals surface area contributed by atoms with Crippen molar-refractivity contribution in [2.24, 2.45) is 23.7 Å². The Balaban J connectivity index is 0.000000356. The van der Waals surface area contributed by atoms with Crippen LogP contribution < -0.4 is 0 Å². The number of carbonyl (C=O) groups is 2. The van der Waals surface area contributed by atoms with Crippen LogP contribution in [0.4, 0.5) is 0 Å². The quantitative estimate of drug-likeness (QED) is 0.193. The van der Waals surface area contributed by atoms with Crippen molar-refractivity contribution >= 4 is 11.6 Å². The number of imidazole rings is 2. The number of carbonyl (C=O) groups excluding carboxylic acids is 2. The lowest BCUT2D eigenvalue weighted by atomic mass is 9.56. The lowest BCUT2D eigenvalue weighted by Crippen LogP contribution is -2.51. The van der Waals surface area contributed by atoms with Gasteiger partial charge in [-0.3, -0.25) is 4.79 Å². The van der Waals surface area contributed by atoms with Crippen molar-refractivity contribution < 1.29 is 24.4 Å². The number of benzene rings is 2. The highest BCUT2D eigenvalue weighted by atomic mass is 16.1. The van der Waals surface area contributed by atoms with Gasteiger partial charge in [-0.15, -0.1) is 0 Å². The Hall–Kier alpha value is -5.08. The molecule has 0 spiro atoms. The van der Waals surface area contributed by atoms with Crippen LogP contribution in [0.25, 0.3) is 21.1 Å². The summed E-state index contributed by atoms with van der Waals surface area (Å²) in [5.74, 6) is 2.36. The van der Waals surface area contributed by atoms with Crippen molar-refractivity contribution in [2.75, 3.05) is 0 Å². The predicted molar refractivity (Wildman–Crippen MR) is 213 cm³/mol. The Morgan fingerprint density at radius 3 is 1.85 bits per heavy atom. The first-order valence-electron chi connectivity index (χ1n) is 23.6. The maximum atomic E-state index is 12.6. The highest BCUT2D eigenvalue weighted by Crippen LogP contribution is 2.52. The number of Topliss-reactive ketones (excluding diaryl/α,β-unsaturated/α-hetero) is 2. The number of allylic oxidation sites excluding steroid dienone is 2. The molecule has 0 radical (unpaired) electrons. The number of rotatable bonds is 2. The molecule has 4 aromatic rings. The summed E-state index contributed by atoms with van der Waals surface area (Å²) in [6, 6.07) is 16.2. The molecule has 1 saturated carbocycles. The second kappa shape index (κ2) is 12.8. The average molecular weight is 723 g/mol. The smallest absolute Gasteiger partial charge is 0.282 e. The number of aromatic nitrogens is 4. The molecular weight excluding hydrogens is 645 g/mol. The van der Waals surface area contributed by atoms with Crippen LogP contribution in [0.15, 0.2) is 60.3 Å². The van der Waals surface area contributed by atoms with Crippen molar-refractivity contribution in [1.29, 1.82) is 0 Å². The van der Waals surface area contributed by atoms with E-state index in [2.05, 4.69) is 95.9 Å². The molecule has 1 unspecified atom stereocenters. The molecule has 2 aromatic carbocycles. The summed E-state index contributed by atoms with van der Waals surface area (Å²) in [5, 5.41) is 0. The lowest BCUT2D eigenvalue weighted by Gasteiger charge is -2.46. The first-order valence-corrected chi connectivity index (χ1v) is 18.6. The number of fused-ring (bicyclic) bond motifs is 6. The zero-order valence-corrected chi connectivity index (χ0v) is 31.6. The van der Waals surface area contributed by atoms with Gasteiger partial charge >= 0.3 is 0 Å². The fraction of sp³-hybridized carbons (Fsp3) is 0.455. The summed E-state index contributed by atoms with van der Waals surface area (Å²) < 4.78 is 54.6. The molecule has 2 heterocycles. The van der Waals surface area contributed by atoms with Crippen LogP contribution >= 0.6 is 0 Å². The molecule has 0 N–H and O–H groups in total. The molecule has 4 aliphatic rings. The van der Waals surface area contributed by atoms with Gasteiger partial charge in [-0.2, -0.15) is 0 Å². The van der Waals surface area contributed by atoms with Gasteiger partial charge in [-0.25, -0.2) is 21.4 Å². The highest BCUT2D eigenvalue weighted by Gasteiger charge is 2.56. The summed E-state index contributed by atoms with van der Waals surface area (Å²) in [6.07, 6.45) is 6.25. The van der Waals surface area contributed by atoms with Crippen molar-refractivity contribution in [3.8, 4) is 11.4 Å². The van der Waals surface area contributed by atoms with Crippen LogP contribution in [0, 0.1) is 64.5 Å². The average Bonchev–Trinajstić information content (AvgIpc) is 3.84. The van der Waals surface area contributed by atoms with Gasteiger partial charge < -0.3 is 18.8 Å². The Morgan fingerprint density at radius 2 is 1.31 bits per heavy atom. The summed E-state index contributed by atoms with van der Waals surface area (Å²) in [6.45, 7) is 31.6. The van der Waals surface area contributed by atoms with Gasteiger partial charge in [0.25, 0.3) is 6.04 Å². The Labute approximate surface area is 323 Å². The van der Waals surface area contributed by atoms with Crippen LogP contribution in [0.3, 0.4) is 0 Å². The monoisotopic (exact) mass is 723 g/mol. The maximum absolute atomic E-state index is 12.6. The maximum Gasteiger partial charge on any atom is 0.282 e. The van der Waals surface area contributed by atoms with Crippen LogP contribution in [0.2, 0.25) is 0 Å². The molecule has 0 aliphatic heterocycles. The summed E-state index contributed by atoms with van der Waals surface area (Å²) in [4.78, 5) is 42.2. The molecular formula is C44H58N6O2. The summed E-state index contributed by atoms with van der Waals surface area (Å²) >= 11 is 0. The van der Waals surface area contributed by atoms with E-state index in [1.54, 1.807) is 0 Å². The van der Waals surface area contributed by atoms with E-state index >= 15 is 0 Å². The molecule has 0 amide bonds. The number of para-hydroxylation sites is 2. The number of hydrogen-bond donors (Lipinski definition) is 0. The third-order valence-corrected chi connectivity index (χ3v) is 13.0. The Kier molecular flexibility index (Phi) is 7.29. The van der Waals surface area contributed by atoms with Gasteiger partial charge in [0.15, 0.2) is 5.78 Å². The van der Waals surface area contributed by atoms with E-state index in [-0.39, 0.29) is 51.8 Å². The van der Waals surface area contributed by atoms with E-state index in [9.17, 15) is 9.59 Å². The van der Waals surface area contributed by atoms with Crippen LogP contribution in [0.5, 0.6) is 0 Å². The molecule has 7 atom stereocenters. The molecule has 0 bridgehead atoms. The molecule has 1 fully saturated rings. The second-order valence-corrected chi connectivity index (χ2v) is 16.0. The minimum atomic E-state index is -0.527. The molecule has 8 heteroatoms. The number of aryl methyl sites for hydroxylation is 4. The SMILES string of the molecule is [3H][3H].[3H][3H].[3H][3H].[3H][3H].[3H][3H].[C-]#[N+]C1=C[C@]2(C)c3nc(C)n(-c4ccccc4C)c3CC[C@H]2[C@H](C)C1=O.[C-]#[N+]C1C[C@]2(C)c3nc(C)n(-c4ccccc4C)c3CC[C@H]2[C@H](C)C1=O. The zero-order chi connectivity index (χ0) is 47.3. The standard InChI is InChI=1S/C22H25N3O.C22H23N3O.5H2/c2*1-13-8-6-7-9-18(13)25-15(3)24-21-19(25)11-10-16-14(2)20(26)17(23-5)12-22(16,21)4;;;;;/h6-9,14,16-17H,10-12H2,1-4H3;6-9,12,14,16H,10-11H2,1-4H3;5*1H/t14-,16-,17?,22-;14-,16-,22-;;;;;/m00...../s1/i;;5*1+2T. The largest absolute Gasteiger partial charge is 0.308 e. The highest BCUT2D eigenvalue weighted by molar-refractivity contribution is 6.00. The second-order valence-electron chi connectivity index (χ2n) is 16.0. The molecule has 276 valence electrons. The molecule has 0 saturated heterocycles. The van der Waals surface area contributed by atoms with E-state index in [1.165, 1.54) is 28.2 Å². The minimum absolute atomic E-state index is 0.0130. The molecule has 2 aromatic heterocycles. The number of hydrogen-bond acceptors (Lipinski definition) is 4. The lowest BCUT2D eigenvalue weighted by molar-refractivity contribution is -0.129. The molecule has 52 heavy (non-hydrogen) atoms. The van der Waals surface area contributed by atoms with E-state index in [0.29, 0.717) is 6.42 Å². The zero-order valence-electron chi connectivity index (χ0n) is 41.6. The normalized spacial score (nSPS) is 29.7. The Morgan fingerprint density at radius 1 is 0.788 bits per heavy atom.